The average Bonchev–Trinajstić information content (AvgIpc) is 2.52. The Balaban J connectivity index is 2.08. The normalized spacial score (nSPS) is 23.5. The van der Waals surface area contributed by atoms with E-state index >= 15 is 0 Å². The Hall–Kier alpha value is -0.680. The zero-order chi connectivity index (χ0) is 9.26. The summed E-state index contributed by atoms with van der Waals surface area (Å²) in [6.07, 6.45) is 0. The van der Waals surface area contributed by atoms with Crippen molar-refractivity contribution in [2.75, 3.05) is 24.5 Å². The quantitative estimate of drug-likeness (QED) is 0.719. The van der Waals surface area contributed by atoms with Crippen molar-refractivity contribution in [2.24, 2.45) is 0 Å². The molecular formula is C8H14N4S. The second-order valence-electron chi connectivity index (χ2n) is 3.40. The minimum atomic E-state index is 0.554. The van der Waals surface area contributed by atoms with Crippen molar-refractivity contribution in [3.8, 4) is 0 Å². The molecule has 72 valence electrons. The highest BCUT2D eigenvalue weighted by molar-refractivity contribution is 7.15. The van der Waals surface area contributed by atoms with Crippen LogP contribution in [0.25, 0.3) is 0 Å². The van der Waals surface area contributed by atoms with Crippen LogP contribution < -0.4 is 10.2 Å². The Labute approximate surface area is 82.0 Å². The van der Waals surface area contributed by atoms with Gasteiger partial charge in [0.05, 0.1) is 0 Å². The van der Waals surface area contributed by atoms with Gasteiger partial charge in [0.2, 0.25) is 5.13 Å². The molecule has 0 unspecified atom stereocenters. The van der Waals surface area contributed by atoms with Crippen LogP contribution in [0.3, 0.4) is 0 Å². The van der Waals surface area contributed by atoms with E-state index in [9.17, 15) is 0 Å². The smallest absolute Gasteiger partial charge is 0.208 e. The summed E-state index contributed by atoms with van der Waals surface area (Å²) < 4.78 is 0. The fraction of sp³-hybridized carbons (Fsp3) is 0.750. The summed E-state index contributed by atoms with van der Waals surface area (Å²) in [6.45, 7) is 7.31. The maximum absolute atomic E-state index is 4.14. The van der Waals surface area contributed by atoms with E-state index in [-0.39, 0.29) is 0 Å². The van der Waals surface area contributed by atoms with Gasteiger partial charge in [0, 0.05) is 25.7 Å². The summed E-state index contributed by atoms with van der Waals surface area (Å²) >= 11 is 1.67. The van der Waals surface area contributed by atoms with E-state index in [4.69, 9.17) is 0 Å². The number of nitrogens with one attached hydrogen (secondary N) is 1. The first-order valence-electron chi connectivity index (χ1n) is 4.54. The zero-order valence-corrected chi connectivity index (χ0v) is 8.77. The molecule has 1 aliphatic heterocycles. The summed E-state index contributed by atoms with van der Waals surface area (Å²) in [5.74, 6) is 0. The number of anilines is 1. The molecule has 4 nitrogen and oxygen atoms in total. The molecule has 2 rings (SSSR count). The van der Waals surface area contributed by atoms with Crippen LogP contribution in [0, 0.1) is 6.92 Å². The zero-order valence-electron chi connectivity index (χ0n) is 7.95. The first kappa shape index (κ1) is 8.90. The van der Waals surface area contributed by atoms with E-state index in [1.807, 2.05) is 6.92 Å². The summed E-state index contributed by atoms with van der Waals surface area (Å²) in [6, 6.07) is 0.554. The SMILES string of the molecule is Cc1nnc(N2CCN[C@H](C)C2)s1. The first-order chi connectivity index (χ1) is 6.25. The average molecular weight is 198 g/mol. The van der Waals surface area contributed by atoms with Gasteiger partial charge in [0.15, 0.2) is 0 Å². The minimum Gasteiger partial charge on any atom is -0.344 e. The van der Waals surface area contributed by atoms with Crippen molar-refractivity contribution < 1.29 is 0 Å². The molecular weight excluding hydrogens is 184 g/mol. The van der Waals surface area contributed by atoms with E-state index in [1.54, 1.807) is 11.3 Å². The van der Waals surface area contributed by atoms with Gasteiger partial charge in [-0.15, -0.1) is 10.2 Å². The van der Waals surface area contributed by atoms with Gasteiger partial charge in [-0.25, -0.2) is 0 Å². The molecule has 13 heavy (non-hydrogen) atoms. The van der Waals surface area contributed by atoms with Crippen LogP contribution in [-0.2, 0) is 0 Å². The number of rotatable bonds is 1. The molecule has 0 bridgehead atoms. The number of hydrogen-bond donors (Lipinski definition) is 1. The highest BCUT2D eigenvalue weighted by Gasteiger charge is 2.18. The fourth-order valence-corrected chi connectivity index (χ4v) is 2.24. The molecule has 1 saturated heterocycles. The van der Waals surface area contributed by atoms with Crippen LogP contribution in [0.5, 0.6) is 0 Å². The molecule has 0 saturated carbocycles. The topological polar surface area (TPSA) is 41.1 Å². The van der Waals surface area contributed by atoms with Gasteiger partial charge < -0.3 is 10.2 Å². The predicted molar refractivity (Wildman–Crippen MR) is 54.3 cm³/mol. The van der Waals surface area contributed by atoms with Crippen LogP contribution in [0.1, 0.15) is 11.9 Å². The minimum absolute atomic E-state index is 0.554. The van der Waals surface area contributed by atoms with Gasteiger partial charge in [-0.05, 0) is 13.8 Å². The van der Waals surface area contributed by atoms with Crippen molar-refractivity contribution in [1.82, 2.24) is 15.5 Å². The Morgan fingerprint density at radius 2 is 2.38 bits per heavy atom. The number of piperazine rings is 1. The highest BCUT2D eigenvalue weighted by atomic mass is 32.1. The Kier molecular flexibility index (Phi) is 2.46. The maximum Gasteiger partial charge on any atom is 0.208 e. The maximum atomic E-state index is 4.14. The van der Waals surface area contributed by atoms with E-state index < -0.39 is 0 Å². The van der Waals surface area contributed by atoms with E-state index in [2.05, 4.69) is 27.3 Å². The Morgan fingerprint density at radius 1 is 1.54 bits per heavy atom. The molecule has 1 fully saturated rings. The van der Waals surface area contributed by atoms with Crippen LogP contribution in [0.2, 0.25) is 0 Å². The standard InChI is InChI=1S/C8H14N4S/c1-6-5-12(4-3-9-6)8-11-10-7(2)13-8/h6,9H,3-5H2,1-2H3/t6-/m1/s1. The van der Waals surface area contributed by atoms with E-state index in [0.29, 0.717) is 6.04 Å². The molecule has 0 amide bonds. The van der Waals surface area contributed by atoms with Crippen LogP contribution in [0.15, 0.2) is 0 Å². The van der Waals surface area contributed by atoms with Crippen molar-refractivity contribution >= 4 is 16.5 Å². The van der Waals surface area contributed by atoms with Crippen molar-refractivity contribution in [3.63, 3.8) is 0 Å². The summed E-state index contributed by atoms with van der Waals surface area (Å²) in [7, 11) is 0. The lowest BCUT2D eigenvalue weighted by molar-refractivity contribution is 0.483. The molecule has 1 aliphatic rings. The van der Waals surface area contributed by atoms with Crippen molar-refractivity contribution in [2.45, 2.75) is 19.9 Å². The van der Waals surface area contributed by atoms with Gasteiger partial charge in [0.1, 0.15) is 5.01 Å². The first-order valence-corrected chi connectivity index (χ1v) is 5.36. The molecule has 1 N–H and O–H groups in total. The largest absolute Gasteiger partial charge is 0.344 e. The van der Waals surface area contributed by atoms with Gasteiger partial charge in [-0.1, -0.05) is 11.3 Å². The van der Waals surface area contributed by atoms with Crippen molar-refractivity contribution in [3.05, 3.63) is 5.01 Å². The predicted octanol–water partition coefficient (Wildman–Crippen LogP) is 0.645. The van der Waals surface area contributed by atoms with Gasteiger partial charge in [0.25, 0.3) is 0 Å². The molecule has 2 heterocycles. The molecule has 0 aromatic carbocycles. The number of hydrogen-bond acceptors (Lipinski definition) is 5. The fourth-order valence-electron chi connectivity index (χ4n) is 1.52. The summed E-state index contributed by atoms with van der Waals surface area (Å²) in [5, 5.41) is 13.7. The third kappa shape index (κ3) is 1.97. The summed E-state index contributed by atoms with van der Waals surface area (Å²) in [4.78, 5) is 2.30. The van der Waals surface area contributed by atoms with E-state index in [1.165, 1.54) is 0 Å². The summed E-state index contributed by atoms with van der Waals surface area (Å²) in [5.41, 5.74) is 0. The molecule has 5 heteroatoms. The van der Waals surface area contributed by atoms with E-state index in [0.717, 1.165) is 29.8 Å². The van der Waals surface area contributed by atoms with Crippen LogP contribution in [-0.4, -0.2) is 35.9 Å². The third-order valence-electron chi connectivity index (χ3n) is 2.15. The molecule has 0 spiro atoms. The number of nitrogens with zero attached hydrogens (tertiary/aromatic N) is 3. The molecule has 1 aromatic rings. The van der Waals surface area contributed by atoms with Crippen LogP contribution >= 0.6 is 11.3 Å². The van der Waals surface area contributed by atoms with Crippen LogP contribution in [0.4, 0.5) is 5.13 Å². The van der Waals surface area contributed by atoms with Gasteiger partial charge in [-0.2, -0.15) is 0 Å². The number of aromatic nitrogens is 2. The van der Waals surface area contributed by atoms with Gasteiger partial charge >= 0.3 is 0 Å². The van der Waals surface area contributed by atoms with Gasteiger partial charge in [-0.3, -0.25) is 0 Å². The highest BCUT2D eigenvalue weighted by Crippen LogP contribution is 2.20. The molecule has 0 radical (unpaired) electrons. The Morgan fingerprint density at radius 3 is 3.00 bits per heavy atom. The molecule has 1 aromatic heterocycles. The van der Waals surface area contributed by atoms with Crippen molar-refractivity contribution in [1.29, 1.82) is 0 Å². The molecule has 0 aliphatic carbocycles. The lowest BCUT2D eigenvalue weighted by atomic mass is 10.2. The second kappa shape index (κ2) is 3.59. The lowest BCUT2D eigenvalue weighted by Gasteiger charge is -2.31. The lowest BCUT2D eigenvalue weighted by Crippen LogP contribution is -2.49. The second-order valence-corrected chi connectivity index (χ2v) is 4.56. The third-order valence-corrected chi connectivity index (χ3v) is 3.05. The number of aryl methyl sites for hydroxylation is 1. The monoisotopic (exact) mass is 198 g/mol. The Bertz CT molecular complexity index is 285. The molecule has 1 atom stereocenters.